The van der Waals surface area contributed by atoms with Crippen LogP contribution in [0.3, 0.4) is 0 Å². The van der Waals surface area contributed by atoms with Crippen molar-refractivity contribution in [1.29, 1.82) is 0 Å². The lowest BCUT2D eigenvalue weighted by molar-refractivity contribution is 0.173. The topological polar surface area (TPSA) is 70.5 Å². The summed E-state index contributed by atoms with van der Waals surface area (Å²) in [4.78, 5) is 0. The third-order valence-corrected chi connectivity index (χ3v) is 2.95. The maximum absolute atomic E-state index is 14.1. The minimum Gasteiger partial charge on any atom is -0.454 e. The van der Waals surface area contributed by atoms with Gasteiger partial charge in [-0.25, -0.2) is 4.39 Å². The van der Waals surface area contributed by atoms with E-state index in [2.05, 4.69) is 5.16 Å². The van der Waals surface area contributed by atoms with E-state index in [1.165, 1.54) is 13.8 Å². The van der Waals surface area contributed by atoms with Gasteiger partial charge in [-0.15, -0.1) is 0 Å². The molecule has 100 valence electrons. The van der Waals surface area contributed by atoms with Crippen molar-refractivity contribution in [2.45, 2.75) is 19.5 Å². The summed E-state index contributed by atoms with van der Waals surface area (Å²) in [7, 11) is 0. The third-order valence-electron chi connectivity index (χ3n) is 2.95. The summed E-state index contributed by atoms with van der Waals surface area (Å²) in [6.45, 7) is 3.05. The Hall–Kier alpha value is -2.24. The lowest BCUT2D eigenvalue weighted by atomic mass is 9.96. The second-order valence-corrected chi connectivity index (χ2v) is 4.85. The van der Waals surface area contributed by atoms with Gasteiger partial charge in [0.05, 0.1) is 5.56 Å². The predicted molar refractivity (Wildman–Crippen MR) is 66.6 cm³/mol. The van der Waals surface area contributed by atoms with E-state index in [-0.39, 0.29) is 12.6 Å². The number of nitrogen functional groups attached to an aromatic ring is 1. The highest BCUT2D eigenvalue weighted by molar-refractivity contribution is 5.73. The number of alkyl halides is 1. The molecule has 2 heterocycles. The molecule has 0 saturated carbocycles. The molecular formula is C13H13FN2O3. The number of hydrogen-bond acceptors (Lipinski definition) is 5. The van der Waals surface area contributed by atoms with E-state index in [0.717, 1.165) is 0 Å². The molecule has 1 aromatic carbocycles. The predicted octanol–water partition coefficient (Wildman–Crippen LogP) is 2.86. The van der Waals surface area contributed by atoms with Crippen LogP contribution >= 0.6 is 0 Å². The van der Waals surface area contributed by atoms with Crippen molar-refractivity contribution < 1.29 is 18.4 Å². The lowest BCUT2D eigenvalue weighted by Crippen LogP contribution is -2.09. The molecule has 3 rings (SSSR count). The number of nitrogens with zero attached hydrogens (tertiary/aromatic N) is 1. The van der Waals surface area contributed by atoms with E-state index in [9.17, 15) is 4.39 Å². The summed E-state index contributed by atoms with van der Waals surface area (Å²) in [6, 6.07) is 4.85. The van der Waals surface area contributed by atoms with Crippen LogP contribution in [-0.4, -0.2) is 11.9 Å². The first kappa shape index (κ1) is 11.8. The molecule has 2 N–H and O–H groups in total. The van der Waals surface area contributed by atoms with Crippen LogP contribution in [0.2, 0.25) is 0 Å². The standard InChI is InChI=1S/C13H13FN2O3/c1-13(2,14)7-3-8(9-5-11(15)16-19-9)12-10(4-7)17-6-18-12/h3-5H,6H2,1-2H3,(H2,15,16). The van der Waals surface area contributed by atoms with E-state index in [4.69, 9.17) is 19.7 Å². The number of aromatic nitrogens is 1. The molecular weight excluding hydrogens is 251 g/mol. The minimum atomic E-state index is -1.50. The summed E-state index contributed by atoms with van der Waals surface area (Å²) < 4.78 is 29.9. The van der Waals surface area contributed by atoms with E-state index in [1.807, 2.05) is 0 Å². The van der Waals surface area contributed by atoms with Gasteiger partial charge in [0, 0.05) is 6.07 Å². The Kier molecular flexibility index (Phi) is 2.41. The van der Waals surface area contributed by atoms with Crippen LogP contribution in [-0.2, 0) is 5.67 Å². The number of halogens is 1. The third kappa shape index (κ3) is 1.99. The number of benzene rings is 1. The summed E-state index contributed by atoms with van der Waals surface area (Å²) in [5, 5.41) is 3.62. The monoisotopic (exact) mass is 264 g/mol. The van der Waals surface area contributed by atoms with Crippen molar-refractivity contribution in [2.24, 2.45) is 0 Å². The Labute approximate surface area is 109 Å². The molecule has 0 amide bonds. The van der Waals surface area contributed by atoms with Crippen LogP contribution in [0.1, 0.15) is 19.4 Å². The molecule has 0 aliphatic carbocycles. The second-order valence-electron chi connectivity index (χ2n) is 4.85. The lowest BCUT2D eigenvalue weighted by Gasteiger charge is -2.16. The maximum atomic E-state index is 14.1. The van der Waals surface area contributed by atoms with Gasteiger partial charge in [0.25, 0.3) is 0 Å². The zero-order valence-electron chi connectivity index (χ0n) is 10.6. The van der Waals surface area contributed by atoms with Gasteiger partial charge in [-0.05, 0) is 31.5 Å². The Bertz CT molecular complexity index is 631. The molecule has 2 aromatic rings. The smallest absolute Gasteiger partial charge is 0.231 e. The SMILES string of the molecule is CC(C)(F)c1cc2c(c(-c3cc(N)no3)c1)OCO2. The van der Waals surface area contributed by atoms with Crippen LogP contribution in [0, 0.1) is 0 Å². The molecule has 1 aliphatic rings. The Morgan fingerprint density at radius 2 is 2.05 bits per heavy atom. The zero-order valence-corrected chi connectivity index (χ0v) is 10.6. The average Bonchev–Trinajstić information content (AvgIpc) is 2.94. The normalized spacial score (nSPS) is 13.8. The number of ether oxygens (including phenoxy) is 2. The van der Waals surface area contributed by atoms with Crippen LogP contribution in [0.25, 0.3) is 11.3 Å². The summed E-state index contributed by atoms with van der Waals surface area (Å²) in [5.41, 5.74) is 5.09. The Balaban J connectivity index is 2.20. The first-order valence-corrected chi connectivity index (χ1v) is 5.81. The number of rotatable bonds is 2. The molecule has 0 bridgehead atoms. The average molecular weight is 264 g/mol. The highest BCUT2D eigenvalue weighted by Crippen LogP contribution is 2.45. The summed E-state index contributed by atoms with van der Waals surface area (Å²) in [6.07, 6.45) is 0. The van der Waals surface area contributed by atoms with Gasteiger partial charge in [-0.3, -0.25) is 0 Å². The number of fused-ring (bicyclic) bond motifs is 1. The largest absolute Gasteiger partial charge is 0.454 e. The molecule has 0 unspecified atom stereocenters. The van der Waals surface area contributed by atoms with E-state index >= 15 is 0 Å². The van der Waals surface area contributed by atoms with E-state index < -0.39 is 5.67 Å². The first-order chi connectivity index (χ1) is 8.95. The van der Waals surface area contributed by atoms with Gasteiger partial charge in [-0.2, -0.15) is 0 Å². The van der Waals surface area contributed by atoms with Gasteiger partial charge in [-0.1, -0.05) is 5.16 Å². The molecule has 0 fully saturated rings. The number of hydrogen-bond donors (Lipinski definition) is 1. The van der Waals surface area contributed by atoms with Gasteiger partial charge in [0.1, 0.15) is 5.67 Å². The first-order valence-electron chi connectivity index (χ1n) is 5.81. The van der Waals surface area contributed by atoms with Crippen LogP contribution < -0.4 is 15.2 Å². The van der Waals surface area contributed by atoms with Crippen LogP contribution in [0.5, 0.6) is 11.5 Å². The van der Waals surface area contributed by atoms with Crippen LogP contribution in [0.15, 0.2) is 22.7 Å². The van der Waals surface area contributed by atoms with Crippen molar-refractivity contribution in [3.8, 4) is 22.8 Å². The van der Waals surface area contributed by atoms with Crippen LogP contribution in [0.4, 0.5) is 10.2 Å². The molecule has 1 aromatic heterocycles. The summed E-state index contributed by atoms with van der Waals surface area (Å²) >= 11 is 0. The Morgan fingerprint density at radius 1 is 1.26 bits per heavy atom. The summed E-state index contributed by atoms with van der Waals surface area (Å²) in [5.74, 6) is 1.69. The molecule has 1 aliphatic heterocycles. The van der Waals surface area contributed by atoms with E-state index in [1.54, 1.807) is 18.2 Å². The highest BCUT2D eigenvalue weighted by Gasteiger charge is 2.28. The van der Waals surface area contributed by atoms with Crippen molar-refractivity contribution in [1.82, 2.24) is 5.16 Å². The van der Waals surface area contributed by atoms with Crippen molar-refractivity contribution >= 4 is 5.82 Å². The molecule has 0 radical (unpaired) electrons. The number of nitrogens with two attached hydrogens (primary N) is 1. The van der Waals surface area contributed by atoms with Crippen molar-refractivity contribution in [3.63, 3.8) is 0 Å². The van der Waals surface area contributed by atoms with E-state index in [0.29, 0.717) is 28.4 Å². The molecule has 0 atom stereocenters. The van der Waals surface area contributed by atoms with Gasteiger partial charge < -0.3 is 19.7 Å². The quantitative estimate of drug-likeness (QED) is 0.903. The molecule has 0 saturated heterocycles. The molecule has 5 nitrogen and oxygen atoms in total. The minimum absolute atomic E-state index is 0.0993. The number of anilines is 1. The Morgan fingerprint density at radius 3 is 2.68 bits per heavy atom. The van der Waals surface area contributed by atoms with Gasteiger partial charge in [0.15, 0.2) is 23.1 Å². The fourth-order valence-corrected chi connectivity index (χ4v) is 1.95. The molecule has 0 spiro atoms. The van der Waals surface area contributed by atoms with Gasteiger partial charge >= 0.3 is 0 Å². The van der Waals surface area contributed by atoms with Gasteiger partial charge in [0.2, 0.25) is 6.79 Å². The highest BCUT2D eigenvalue weighted by atomic mass is 19.1. The zero-order chi connectivity index (χ0) is 13.6. The molecule has 6 heteroatoms. The fraction of sp³-hybridized carbons (Fsp3) is 0.308. The maximum Gasteiger partial charge on any atom is 0.231 e. The van der Waals surface area contributed by atoms with Crippen molar-refractivity contribution in [2.75, 3.05) is 12.5 Å². The van der Waals surface area contributed by atoms with Crippen molar-refractivity contribution in [3.05, 3.63) is 23.8 Å². The second kappa shape index (κ2) is 3.88. The fourth-order valence-electron chi connectivity index (χ4n) is 1.95. The molecule has 19 heavy (non-hydrogen) atoms.